The molecule has 7 heteroatoms. The lowest BCUT2D eigenvalue weighted by Gasteiger charge is -2.26. The summed E-state index contributed by atoms with van der Waals surface area (Å²) in [5.41, 5.74) is 7.98. The van der Waals surface area contributed by atoms with E-state index in [2.05, 4.69) is 10.3 Å². The zero-order chi connectivity index (χ0) is 17.9. The van der Waals surface area contributed by atoms with Gasteiger partial charge in [-0.3, -0.25) is 0 Å². The third-order valence-corrected chi connectivity index (χ3v) is 5.19. The number of guanidine groups is 1. The van der Waals surface area contributed by atoms with Gasteiger partial charge >= 0.3 is 0 Å². The Hall–Kier alpha value is -2.54. The van der Waals surface area contributed by atoms with Gasteiger partial charge in [0.2, 0.25) is 0 Å². The maximum absolute atomic E-state index is 11.5. The maximum Gasteiger partial charge on any atom is 0.189 e. The third kappa shape index (κ3) is 4.30. The predicted octanol–water partition coefficient (Wildman–Crippen LogP) is 2.02. The molecular weight excluding hydrogens is 338 g/mol. The summed E-state index contributed by atoms with van der Waals surface area (Å²) in [5.74, 6) is 1.23. The summed E-state index contributed by atoms with van der Waals surface area (Å²) >= 11 is 0. The average Bonchev–Trinajstić information content (AvgIpc) is 2.60. The van der Waals surface area contributed by atoms with Crippen molar-refractivity contribution in [1.29, 1.82) is 0 Å². The van der Waals surface area contributed by atoms with Crippen LogP contribution >= 0.6 is 0 Å². The van der Waals surface area contributed by atoms with Crippen molar-refractivity contribution in [1.82, 2.24) is 5.32 Å². The molecule has 1 aliphatic rings. The number of hydrogen-bond acceptors (Lipinski definition) is 4. The molecule has 0 bridgehead atoms. The van der Waals surface area contributed by atoms with E-state index in [0.29, 0.717) is 24.0 Å². The number of hydrogen-bond donors (Lipinski definition) is 2. The molecule has 3 rings (SSSR count). The molecule has 0 saturated carbocycles. The molecule has 3 N–H and O–H groups in total. The van der Waals surface area contributed by atoms with Gasteiger partial charge in [-0.1, -0.05) is 30.3 Å². The average molecular weight is 359 g/mol. The molecule has 0 radical (unpaired) electrons. The van der Waals surface area contributed by atoms with E-state index in [-0.39, 0.29) is 6.04 Å². The molecule has 0 saturated heterocycles. The number of nitrogens with zero attached hydrogens (tertiary/aromatic N) is 1. The Morgan fingerprint density at radius 3 is 2.68 bits per heavy atom. The van der Waals surface area contributed by atoms with Gasteiger partial charge in [0, 0.05) is 18.2 Å². The highest BCUT2D eigenvalue weighted by Crippen LogP contribution is 2.31. The van der Waals surface area contributed by atoms with Crippen molar-refractivity contribution in [3.63, 3.8) is 0 Å². The van der Waals surface area contributed by atoms with Crippen molar-refractivity contribution in [2.24, 2.45) is 10.7 Å². The summed E-state index contributed by atoms with van der Waals surface area (Å²) in [7, 11) is -3.18. The van der Waals surface area contributed by atoms with Gasteiger partial charge < -0.3 is 15.8 Å². The lowest BCUT2D eigenvalue weighted by Crippen LogP contribution is -2.37. The second-order valence-electron chi connectivity index (χ2n) is 5.99. The highest BCUT2D eigenvalue weighted by Gasteiger charge is 2.21. The molecule has 0 aliphatic carbocycles. The number of rotatable bonds is 4. The van der Waals surface area contributed by atoms with Crippen LogP contribution in [-0.4, -0.2) is 27.2 Å². The summed E-state index contributed by atoms with van der Waals surface area (Å²) in [4.78, 5) is 4.64. The Labute approximate surface area is 147 Å². The number of ether oxygens (including phenoxy) is 1. The first-order valence-electron chi connectivity index (χ1n) is 8.00. The first kappa shape index (κ1) is 17.3. The monoisotopic (exact) mass is 359 g/mol. The molecular formula is C18H21N3O3S. The summed E-state index contributed by atoms with van der Waals surface area (Å²) < 4.78 is 28.6. The zero-order valence-corrected chi connectivity index (χ0v) is 14.8. The van der Waals surface area contributed by atoms with Gasteiger partial charge in [-0.25, -0.2) is 13.4 Å². The molecule has 0 aromatic heterocycles. The van der Waals surface area contributed by atoms with E-state index in [1.54, 1.807) is 24.3 Å². The zero-order valence-electron chi connectivity index (χ0n) is 14.0. The van der Waals surface area contributed by atoms with E-state index in [1.807, 2.05) is 24.3 Å². The van der Waals surface area contributed by atoms with Crippen LogP contribution in [0.15, 0.2) is 58.4 Å². The Balaban J connectivity index is 1.65. The summed E-state index contributed by atoms with van der Waals surface area (Å²) in [6, 6.07) is 14.6. The van der Waals surface area contributed by atoms with Crippen LogP contribution in [0.5, 0.6) is 5.75 Å². The van der Waals surface area contributed by atoms with Gasteiger partial charge in [0.05, 0.1) is 24.1 Å². The fourth-order valence-corrected chi connectivity index (χ4v) is 3.37. The Morgan fingerprint density at radius 1 is 1.24 bits per heavy atom. The molecule has 0 amide bonds. The third-order valence-electron chi connectivity index (χ3n) is 4.06. The number of aliphatic imine (C=N–C) groups is 1. The van der Waals surface area contributed by atoms with Gasteiger partial charge in [-0.2, -0.15) is 0 Å². The van der Waals surface area contributed by atoms with Crippen molar-refractivity contribution in [2.75, 3.05) is 12.9 Å². The molecule has 0 spiro atoms. The highest BCUT2D eigenvalue weighted by molar-refractivity contribution is 7.90. The number of fused-ring (bicyclic) bond motifs is 1. The Morgan fingerprint density at radius 2 is 1.96 bits per heavy atom. The molecule has 2 aromatic rings. The van der Waals surface area contributed by atoms with Crippen molar-refractivity contribution in [3.05, 3.63) is 59.7 Å². The van der Waals surface area contributed by atoms with E-state index >= 15 is 0 Å². The van der Waals surface area contributed by atoms with Crippen molar-refractivity contribution >= 4 is 15.8 Å². The molecule has 0 fully saturated rings. The van der Waals surface area contributed by atoms with E-state index in [1.165, 1.54) is 6.26 Å². The molecule has 25 heavy (non-hydrogen) atoms. The van der Waals surface area contributed by atoms with E-state index in [4.69, 9.17) is 10.5 Å². The highest BCUT2D eigenvalue weighted by atomic mass is 32.2. The quantitative estimate of drug-likeness (QED) is 0.643. The molecule has 1 heterocycles. The normalized spacial score (nSPS) is 17.5. The minimum absolute atomic E-state index is 0.0707. The Kier molecular flexibility index (Phi) is 4.94. The van der Waals surface area contributed by atoms with E-state index in [0.717, 1.165) is 23.3 Å². The van der Waals surface area contributed by atoms with Crippen LogP contribution < -0.4 is 15.8 Å². The van der Waals surface area contributed by atoms with Crippen molar-refractivity contribution in [3.8, 4) is 5.75 Å². The maximum atomic E-state index is 11.5. The molecule has 132 valence electrons. The predicted molar refractivity (Wildman–Crippen MR) is 97.3 cm³/mol. The second kappa shape index (κ2) is 7.14. The molecule has 1 aliphatic heterocycles. The topological polar surface area (TPSA) is 93.8 Å². The smallest absolute Gasteiger partial charge is 0.189 e. The van der Waals surface area contributed by atoms with Gasteiger partial charge in [0.25, 0.3) is 0 Å². The van der Waals surface area contributed by atoms with Crippen LogP contribution in [0.1, 0.15) is 23.6 Å². The van der Waals surface area contributed by atoms with Crippen LogP contribution in [0.2, 0.25) is 0 Å². The van der Waals surface area contributed by atoms with Crippen LogP contribution in [0.4, 0.5) is 0 Å². The largest absolute Gasteiger partial charge is 0.493 e. The molecule has 1 unspecified atom stereocenters. The fourth-order valence-electron chi connectivity index (χ4n) is 2.73. The SMILES string of the molecule is CS(=O)(=O)c1ccc(CN=C(N)NC2CCOc3ccccc32)cc1. The first-order chi connectivity index (χ1) is 11.9. The summed E-state index contributed by atoms with van der Waals surface area (Å²) in [5, 5.41) is 3.23. The number of para-hydroxylation sites is 1. The minimum atomic E-state index is -3.18. The number of nitrogens with two attached hydrogens (primary N) is 1. The molecule has 1 atom stereocenters. The summed E-state index contributed by atoms with van der Waals surface area (Å²) in [6.07, 6.45) is 2.00. The standard InChI is InChI=1S/C18H21N3O3S/c1-25(22,23)14-8-6-13(7-9-14)12-20-18(19)21-16-10-11-24-17-5-3-2-4-15(16)17/h2-9,16H,10-12H2,1H3,(H3,19,20,21). The van der Waals surface area contributed by atoms with Gasteiger partial charge in [0.1, 0.15) is 5.75 Å². The minimum Gasteiger partial charge on any atom is -0.493 e. The van der Waals surface area contributed by atoms with Gasteiger partial charge in [-0.05, 0) is 23.8 Å². The Bertz CT molecular complexity index is 877. The van der Waals surface area contributed by atoms with Gasteiger partial charge in [-0.15, -0.1) is 0 Å². The van der Waals surface area contributed by atoms with Crippen molar-refractivity contribution < 1.29 is 13.2 Å². The van der Waals surface area contributed by atoms with Crippen molar-refractivity contribution in [2.45, 2.75) is 23.9 Å². The van der Waals surface area contributed by atoms with Gasteiger partial charge in [0.15, 0.2) is 15.8 Å². The number of benzene rings is 2. The van der Waals surface area contributed by atoms with E-state index < -0.39 is 9.84 Å². The molecule has 2 aromatic carbocycles. The van der Waals surface area contributed by atoms with Crippen LogP contribution in [0.25, 0.3) is 0 Å². The second-order valence-corrected chi connectivity index (χ2v) is 8.01. The lowest BCUT2D eigenvalue weighted by molar-refractivity contribution is 0.262. The van der Waals surface area contributed by atoms with E-state index in [9.17, 15) is 8.42 Å². The number of nitrogens with one attached hydrogen (secondary N) is 1. The fraction of sp³-hybridized carbons (Fsp3) is 0.278. The first-order valence-corrected chi connectivity index (χ1v) is 9.90. The summed E-state index contributed by atoms with van der Waals surface area (Å²) in [6.45, 7) is 1.02. The lowest BCUT2D eigenvalue weighted by atomic mass is 10.0. The van der Waals surface area contributed by atoms with Crippen LogP contribution in [0.3, 0.4) is 0 Å². The molecule has 6 nitrogen and oxygen atoms in total. The van der Waals surface area contributed by atoms with Crippen LogP contribution in [-0.2, 0) is 16.4 Å². The van der Waals surface area contributed by atoms with Crippen LogP contribution in [0, 0.1) is 0 Å². The number of sulfone groups is 1.